The molecular weight excluding hydrogens is 206 g/mol. The minimum Gasteiger partial charge on any atom is -0.388 e. The number of anilines is 1. The molecule has 0 amide bonds. The summed E-state index contributed by atoms with van der Waals surface area (Å²) in [5.74, 6) is 2.51. The second-order valence-corrected chi connectivity index (χ2v) is 4.90. The molecule has 1 saturated heterocycles. The molecule has 1 aliphatic heterocycles. The molecule has 2 heterocycles. The van der Waals surface area contributed by atoms with E-state index in [-0.39, 0.29) is 0 Å². The highest BCUT2D eigenvalue weighted by Crippen LogP contribution is 2.13. The van der Waals surface area contributed by atoms with Crippen molar-refractivity contribution in [1.29, 1.82) is 0 Å². The minimum atomic E-state index is 0.982. The largest absolute Gasteiger partial charge is 0.388 e. The fourth-order valence-electron chi connectivity index (χ4n) is 1.71. The first-order valence-corrected chi connectivity index (χ1v) is 6.47. The summed E-state index contributed by atoms with van der Waals surface area (Å²) in [6, 6.07) is 4.12. The van der Waals surface area contributed by atoms with Gasteiger partial charge in [0.2, 0.25) is 0 Å². The molecule has 2 rings (SSSR count). The van der Waals surface area contributed by atoms with Gasteiger partial charge in [0.15, 0.2) is 0 Å². The Balaban J connectivity index is 1.96. The van der Waals surface area contributed by atoms with Crippen molar-refractivity contribution < 1.29 is 0 Å². The van der Waals surface area contributed by atoms with Gasteiger partial charge in [0.25, 0.3) is 0 Å². The van der Waals surface area contributed by atoms with Crippen molar-refractivity contribution in [3.05, 3.63) is 24.0 Å². The van der Waals surface area contributed by atoms with Crippen LogP contribution in [0.2, 0.25) is 0 Å². The maximum absolute atomic E-state index is 4.39. The number of hydrogen-bond donors (Lipinski definition) is 1. The normalized spacial score (nSPS) is 17.7. The second-order valence-electron chi connectivity index (χ2n) is 3.67. The highest BCUT2D eigenvalue weighted by atomic mass is 32.2. The molecule has 0 radical (unpaired) electrons. The first-order chi connectivity index (χ1) is 7.38. The van der Waals surface area contributed by atoms with E-state index < -0.39 is 0 Å². The van der Waals surface area contributed by atoms with E-state index in [9.17, 15) is 0 Å². The summed E-state index contributed by atoms with van der Waals surface area (Å²) in [7, 11) is 1.94. The Kier molecular flexibility index (Phi) is 3.86. The van der Waals surface area contributed by atoms with Gasteiger partial charge in [-0.25, -0.2) is 0 Å². The van der Waals surface area contributed by atoms with Gasteiger partial charge in [0.05, 0.1) is 5.69 Å². The van der Waals surface area contributed by atoms with Crippen LogP contribution in [-0.2, 0) is 6.54 Å². The Bertz CT molecular complexity index is 310. The average molecular weight is 223 g/mol. The number of nitrogens with zero attached hydrogens (tertiary/aromatic N) is 2. The molecule has 1 aliphatic rings. The van der Waals surface area contributed by atoms with Gasteiger partial charge in [-0.3, -0.25) is 9.88 Å². The van der Waals surface area contributed by atoms with Gasteiger partial charge < -0.3 is 5.32 Å². The molecular formula is C11H17N3S. The van der Waals surface area contributed by atoms with Crippen LogP contribution in [0, 0.1) is 0 Å². The van der Waals surface area contributed by atoms with Crippen molar-refractivity contribution in [2.45, 2.75) is 6.54 Å². The van der Waals surface area contributed by atoms with Crippen molar-refractivity contribution in [3.63, 3.8) is 0 Å². The van der Waals surface area contributed by atoms with Crippen molar-refractivity contribution in [2.75, 3.05) is 37.0 Å². The molecule has 3 nitrogen and oxygen atoms in total. The number of aromatic nitrogens is 1. The first kappa shape index (κ1) is 10.8. The number of nitrogens with one attached hydrogen (secondary N) is 1. The highest BCUT2D eigenvalue weighted by molar-refractivity contribution is 7.99. The van der Waals surface area contributed by atoms with E-state index in [4.69, 9.17) is 0 Å². The van der Waals surface area contributed by atoms with Crippen molar-refractivity contribution in [3.8, 4) is 0 Å². The van der Waals surface area contributed by atoms with Crippen LogP contribution in [0.3, 0.4) is 0 Å². The molecule has 0 saturated carbocycles. The van der Waals surface area contributed by atoms with E-state index in [1.807, 2.05) is 31.1 Å². The smallest absolute Gasteiger partial charge is 0.0564 e. The van der Waals surface area contributed by atoms with Gasteiger partial charge in [-0.15, -0.1) is 0 Å². The predicted molar refractivity (Wildman–Crippen MR) is 66.4 cm³/mol. The van der Waals surface area contributed by atoms with Gasteiger partial charge in [-0.05, 0) is 12.1 Å². The van der Waals surface area contributed by atoms with Gasteiger partial charge in [-0.2, -0.15) is 11.8 Å². The Morgan fingerprint density at radius 2 is 2.27 bits per heavy atom. The fourth-order valence-corrected chi connectivity index (χ4v) is 2.69. The van der Waals surface area contributed by atoms with Gasteiger partial charge in [-0.1, -0.05) is 0 Å². The summed E-state index contributed by atoms with van der Waals surface area (Å²) >= 11 is 2.04. The molecule has 0 aromatic carbocycles. The average Bonchev–Trinajstić information content (AvgIpc) is 2.31. The molecule has 4 heteroatoms. The SMILES string of the molecule is CNc1ccnc(CN2CCSCC2)c1. The fraction of sp³-hybridized carbons (Fsp3) is 0.545. The Morgan fingerprint density at radius 3 is 3.00 bits per heavy atom. The second kappa shape index (κ2) is 5.37. The molecule has 0 aliphatic carbocycles. The van der Waals surface area contributed by atoms with Crippen LogP contribution < -0.4 is 5.32 Å². The summed E-state index contributed by atoms with van der Waals surface area (Å²) in [6.07, 6.45) is 1.87. The zero-order chi connectivity index (χ0) is 10.5. The highest BCUT2D eigenvalue weighted by Gasteiger charge is 2.11. The van der Waals surface area contributed by atoms with Crippen LogP contribution in [0.5, 0.6) is 0 Å². The Hall–Kier alpha value is -0.740. The van der Waals surface area contributed by atoms with Gasteiger partial charge in [0, 0.05) is 50.1 Å². The van der Waals surface area contributed by atoms with E-state index in [2.05, 4.69) is 21.3 Å². The summed E-state index contributed by atoms with van der Waals surface area (Å²) in [6.45, 7) is 3.36. The maximum Gasteiger partial charge on any atom is 0.0564 e. The summed E-state index contributed by atoms with van der Waals surface area (Å²) in [5.41, 5.74) is 2.31. The maximum atomic E-state index is 4.39. The molecule has 0 bridgehead atoms. The van der Waals surface area contributed by atoms with Crippen molar-refractivity contribution in [1.82, 2.24) is 9.88 Å². The predicted octanol–water partition coefficient (Wildman–Crippen LogP) is 1.67. The van der Waals surface area contributed by atoms with Crippen LogP contribution >= 0.6 is 11.8 Å². The lowest BCUT2D eigenvalue weighted by Crippen LogP contribution is -2.32. The molecule has 1 fully saturated rings. The van der Waals surface area contributed by atoms with Crippen LogP contribution in [0.25, 0.3) is 0 Å². The molecule has 0 unspecified atom stereocenters. The van der Waals surface area contributed by atoms with Crippen LogP contribution in [0.15, 0.2) is 18.3 Å². The molecule has 15 heavy (non-hydrogen) atoms. The lowest BCUT2D eigenvalue weighted by Gasteiger charge is -2.25. The molecule has 0 atom stereocenters. The molecule has 1 aromatic heterocycles. The number of pyridine rings is 1. The minimum absolute atomic E-state index is 0.982. The van der Waals surface area contributed by atoms with E-state index in [0.29, 0.717) is 0 Å². The number of rotatable bonds is 3. The van der Waals surface area contributed by atoms with Crippen molar-refractivity contribution >= 4 is 17.4 Å². The zero-order valence-electron chi connectivity index (χ0n) is 9.07. The summed E-state index contributed by atoms with van der Waals surface area (Å²) in [4.78, 5) is 6.86. The lowest BCUT2D eigenvalue weighted by atomic mass is 10.3. The third kappa shape index (κ3) is 3.11. The number of hydrogen-bond acceptors (Lipinski definition) is 4. The van der Waals surface area contributed by atoms with Crippen LogP contribution in [-0.4, -0.2) is 41.5 Å². The van der Waals surface area contributed by atoms with Gasteiger partial charge >= 0.3 is 0 Å². The topological polar surface area (TPSA) is 28.2 Å². The molecule has 1 aromatic rings. The third-order valence-corrected chi connectivity index (χ3v) is 3.54. The molecule has 0 spiro atoms. The van der Waals surface area contributed by atoms with E-state index >= 15 is 0 Å². The molecule has 82 valence electrons. The summed E-state index contributed by atoms with van der Waals surface area (Å²) in [5, 5.41) is 3.14. The lowest BCUT2D eigenvalue weighted by molar-refractivity contribution is 0.291. The molecule has 1 N–H and O–H groups in total. The Morgan fingerprint density at radius 1 is 1.47 bits per heavy atom. The van der Waals surface area contributed by atoms with Crippen LogP contribution in [0.1, 0.15) is 5.69 Å². The standard InChI is InChI=1S/C11H17N3S/c1-12-10-2-3-13-11(8-10)9-14-4-6-15-7-5-14/h2-3,8H,4-7,9H2,1H3,(H,12,13). The summed E-state index contributed by atoms with van der Waals surface area (Å²) < 4.78 is 0. The Labute approximate surface area is 95.3 Å². The number of thioether (sulfide) groups is 1. The van der Waals surface area contributed by atoms with Crippen LogP contribution in [0.4, 0.5) is 5.69 Å². The van der Waals surface area contributed by atoms with Crippen molar-refractivity contribution in [2.24, 2.45) is 0 Å². The quantitative estimate of drug-likeness (QED) is 0.844. The van der Waals surface area contributed by atoms with E-state index in [1.54, 1.807) is 0 Å². The van der Waals surface area contributed by atoms with E-state index in [1.165, 1.54) is 24.6 Å². The van der Waals surface area contributed by atoms with Gasteiger partial charge in [0.1, 0.15) is 0 Å². The first-order valence-electron chi connectivity index (χ1n) is 5.31. The third-order valence-electron chi connectivity index (χ3n) is 2.59. The van der Waals surface area contributed by atoms with E-state index in [0.717, 1.165) is 17.9 Å². The monoisotopic (exact) mass is 223 g/mol. The zero-order valence-corrected chi connectivity index (χ0v) is 9.89.